The van der Waals surface area contributed by atoms with Crippen molar-refractivity contribution in [3.8, 4) is 5.75 Å². The zero-order chi connectivity index (χ0) is 25.0. The van der Waals surface area contributed by atoms with Crippen molar-refractivity contribution in [2.24, 2.45) is 5.16 Å². The summed E-state index contributed by atoms with van der Waals surface area (Å²) in [5, 5.41) is 24.7. The van der Waals surface area contributed by atoms with Gasteiger partial charge in [-0.15, -0.1) is 0 Å². The van der Waals surface area contributed by atoms with E-state index >= 15 is 0 Å². The Morgan fingerprint density at radius 2 is 2.03 bits per heavy atom. The predicted molar refractivity (Wildman–Crippen MR) is 133 cm³/mol. The molecule has 1 unspecified atom stereocenters. The maximum atomic E-state index is 13.0. The van der Waals surface area contributed by atoms with Crippen LogP contribution in [0.2, 0.25) is 0 Å². The average molecular weight is 485 g/mol. The quantitative estimate of drug-likeness (QED) is 0.375. The molecule has 1 amide bonds. The van der Waals surface area contributed by atoms with Crippen molar-refractivity contribution in [2.45, 2.75) is 64.4 Å². The molecule has 1 fully saturated rings. The Morgan fingerprint density at radius 1 is 1.23 bits per heavy atom. The van der Waals surface area contributed by atoms with E-state index in [-0.39, 0.29) is 31.3 Å². The van der Waals surface area contributed by atoms with Gasteiger partial charge in [0.05, 0.1) is 24.0 Å². The monoisotopic (exact) mass is 484 g/mol. The minimum absolute atomic E-state index is 0.0593. The highest BCUT2D eigenvalue weighted by Crippen LogP contribution is 2.26. The van der Waals surface area contributed by atoms with Crippen molar-refractivity contribution in [1.82, 2.24) is 4.90 Å². The number of aromatic hydroxyl groups is 1. The summed E-state index contributed by atoms with van der Waals surface area (Å²) in [5.74, 6) is -0.505. The van der Waals surface area contributed by atoms with E-state index < -0.39 is 12.1 Å². The van der Waals surface area contributed by atoms with Crippen LogP contribution >= 0.6 is 0 Å². The van der Waals surface area contributed by atoms with Crippen LogP contribution in [0.25, 0.3) is 0 Å². The van der Waals surface area contributed by atoms with E-state index in [0.717, 1.165) is 44.3 Å². The second-order valence-electron chi connectivity index (χ2n) is 8.92. The highest BCUT2D eigenvalue weighted by molar-refractivity contribution is 6.00. The van der Waals surface area contributed by atoms with E-state index in [1.807, 2.05) is 6.92 Å². The molecule has 0 radical (unpaired) electrons. The molecule has 0 aliphatic carbocycles. The number of allylic oxidation sites excluding steroid dienone is 1. The number of fused-ring (bicyclic) bond motifs is 1. The van der Waals surface area contributed by atoms with Gasteiger partial charge in [-0.05, 0) is 67.9 Å². The first-order valence-corrected chi connectivity index (χ1v) is 12.5. The van der Waals surface area contributed by atoms with Crippen LogP contribution in [0.15, 0.2) is 41.6 Å². The van der Waals surface area contributed by atoms with E-state index in [1.165, 1.54) is 0 Å². The number of amides is 1. The van der Waals surface area contributed by atoms with Crippen LogP contribution in [0.5, 0.6) is 5.75 Å². The van der Waals surface area contributed by atoms with Crippen LogP contribution in [0, 0.1) is 0 Å². The Morgan fingerprint density at radius 3 is 2.80 bits per heavy atom. The molecule has 8 nitrogen and oxygen atoms in total. The lowest BCUT2D eigenvalue weighted by molar-refractivity contribution is -0.137. The van der Waals surface area contributed by atoms with Crippen LogP contribution < -0.4 is 0 Å². The van der Waals surface area contributed by atoms with Crippen molar-refractivity contribution < 1.29 is 29.4 Å². The number of hydrogen-bond donors (Lipinski definition) is 2. The molecular weight excluding hydrogens is 448 g/mol. The summed E-state index contributed by atoms with van der Waals surface area (Å²) in [5.41, 5.74) is 2.18. The average Bonchev–Trinajstić information content (AvgIpc) is 2.83. The molecule has 0 spiro atoms. The molecular formula is C27H36N2O6. The normalized spacial score (nSPS) is 22.6. The Balaban J connectivity index is 1.88. The fourth-order valence-electron chi connectivity index (χ4n) is 4.31. The number of oxime groups is 1. The van der Waals surface area contributed by atoms with E-state index in [2.05, 4.69) is 5.16 Å². The molecule has 1 aromatic carbocycles. The van der Waals surface area contributed by atoms with Crippen molar-refractivity contribution in [3.63, 3.8) is 0 Å². The SMILES string of the molecule is CCCc1cc(O)cc2c1C(=O)OCC/C=C/C(O)C/C=C/C(=N\OCC(=O)N1CCCCC1)C2. The summed E-state index contributed by atoms with van der Waals surface area (Å²) in [4.78, 5) is 32.7. The number of aliphatic hydroxyl groups is 1. The minimum Gasteiger partial charge on any atom is -0.508 e. The van der Waals surface area contributed by atoms with E-state index in [0.29, 0.717) is 36.1 Å². The molecule has 1 atom stereocenters. The lowest BCUT2D eigenvalue weighted by Gasteiger charge is -2.26. The number of esters is 1. The maximum absolute atomic E-state index is 13.0. The number of phenolic OH excluding ortho intramolecular Hbond substituents is 1. The number of aliphatic hydroxyl groups excluding tert-OH is 1. The van der Waals surface area contributed by atoms with Gasteiger partial charge < -0.3 is 24.7 Å². The highest BCUT2D eigenvalue weighted by atomic mass is 16.6. The molecule has 190 valence electrons. The summed E-state index contributed by atoms with van der Waals surface area (Å²) >= 11 is 0. The molecule has 0 bridgehead atoms. The van der Waals surface area contributed by atoms with E-state index in [9.17, 15) is 19.8 Å². The van der Waals surface area contributed by atoms with Crippen molar-refractivity contribution in [1.29, 1.82) is 0 Å². The third-order valence-electron chi connectivity index (χ3n) is 6.02. The standard InChI is InChI=1S/C27H36N2O6/c1-2-9-20-17-24(31)18-21-16-22(28-35-19-25(32)29-13-5-3-6-14-29)10-8-12-23(30)11-4-7-15-34-27(33)26(20)21/h4,8,10-11,17-18,23,30-31H,2-3,5-7,9,12-16,19H2,1H3/b10-8+,11-4+,28-22+. The smallest absolute Gasteiger partial charge is 0.338 e. The zero-order valence-electron chi connectivity index (χ0n) is 20.4. The van der Waals surface area contributed by atoms with E-state index in [1.54, 1.807) is 41.3 Å². The molecule has 1 saturated heterocycles. The third kappa shape index (κ3) is 8.24. The summed E-state index contributed by atoms with van der Waals surface area (Å²) in [6.45, 7) is 3.49. The zero-order valence-corrected chi connectivity index (χ0v) is 20.4. The lowest BCUT2D eigenvalue weighted by Crippen LogP contribution is -2.37. The molecule has 2 aliphatic rings. The van der Waals surface area contributed by atoms with Crippen molar-refractivity contribution >= 4 is 17.6 Å². The van der Waals surface area contributed by atoms with Gasteiger partial charge >= 0.3 is 5.97 Å². The molecule has 1 aromatic rings. The van der Waals surface area contributed by atoms with Gasteiger partial charge in [-0.1, -0.05) is 36.7 Å². The van der Waals surface area contributed by atoms with Crippen LogP contribution in [0.1, 0.15) is 66.9 Å². The molecule has 3 rings (SSSR count). The van der Waals surface area contributed by atoms with Gasteiger partial charge in [-0.3, -0.25) is 4.79 Å². The van der Waals surface area contributed by atoms with Crippen LogP contribution in [-0.4, -0.2) is 65.1 Å². The number of benzene rings is 1. The number of phenols is 1. The summed E-state index contributed by atoms with van der Waals surface area (Å²) < 4.78 is 5.50. The second-order valence-corrected chi connectivity index (χ2v) is 8.92. The van der Waals surface area contributed by atoms with Gasteiger partial charge in [-0.2, -0.15) is 0 Å². The summed E-state index contributed by atoms with van der Waals surface area (Å²) in [6, 6.07) is 3.14. The lowest BCUT2D eigenvalue weighted by atomic mass is 9.94. The summed E-state index contributed by atoms with van der Waals surface area (Å²) in [7, 11) is 0. The molecule has 2 heterocycles. The predicted octanol–water partition coefficient (Wildman–Crippen LogP) is 3.70. The van der Waals surface area contributed by atoms with Crippen LogP contribution in [-0.2, 0) is 27.2 Å². The van der Waals surface area contributed by atoms with Crippen LogP contribution in [0.4, 0.5) is 0 Å². The number of piperidine rings is 1. The Hall–Kier alpha value is -3.13. The number of likely N-dealkylation sites (tertiary alicyclic amines) is 1. The number of cyclic esters (lactones) is 1. The van der Waals surface area contributed by atoms with Gasteiger partial charge in [-0.25, -0.2) is 4.79 Å². The largest absolute Gasteiger partial charge is 0.508 e. The fraction of sp³-hybridized carbons (Fsp3) is 0.519. The Kier molecular flexibility index (Phi) is 10.3. The summed E-state index contributed by atoms with van der Waals surface area (Å²) in [6.07, 6.45) is 11.9. The topological polar surface area (TPSA) is 109 Å². The Labute approximate surface area is 206 Å². The van der Waals surface area contributed by atoms with Gasteiger partial charge in [0.1, 0.15) is 5.75 Å². The van der Waals surface area contributed by atoms with Gasteiger partial charge in [0.25, 0.3) is 5.91 Å². The van der Waals surface area contributed by atoms with Crippen LogP contribution in [0.3, 0.4) is 0 Å². The minimum atomic E-state index is -0.680. The number of ether oxygens (including phenoxy) is 1. The molecule has 0 aromatic heterocycles. The second kappa shape index (κ2) is 13.7. The first-order chi connectivity index (χ1) is 17.0. The Bertz CT molecular complexity index is 963. The van der Waals surface area contributed by atoms with Crippen molar-refractivity contribution in [2.75, 3.05) is 26.3 Å². The number of aryl methyl sites for hydroxylation is 1. The molecule has 2 N–H and O–H groups in total. The van der Waals surface area contributed by atoms with E-state index in [4.69, 9.17) is 9.57 Å². The van der Waals surface area contributed by atoms with Gasteiger partial charge in [0.2, 0.25) is 0 Å². The molecule has 0 saturated carbocycles. The van der Waals surface area contributed by atoms with Gasteiger partial charge in [0, 0.05) is 19.5 Å². The number of carbonyl (C=O) groups is 2. The molecule has 2 aliphatic heterocycles. The number of rotatable bonds is 5. The maximum Gasteiger partial charge on any atom is 0.338 e. The molecule has 35 heavy (non-hydrogen) atoms. The van der Waals surface area contributed by atoms with Gasteiger partial charge in [0.15, 0.2) is 6.61 Å². The number of carbonyl (C=O) groups excluding carboxylic acids is 2. The first kappa shape index (κ1) is 26.5. The third-order valence-corrected chi connectivity index (χ3v) is 6.02. The first-order valence-electron chi connectivity index (χ1n) is 12.5. The number of hydrogen-bond acceptors (Lipinski definition) is 7. The van der Waals surface area contributed by atoms with Crippen molar-refractivity contribution in [3.05, 3.63) is 53.1 Å². The fourth-order valence-corrected chi connectivity index (χ4v) is 4.31. The number of nitrogens with zero attached hydrogens (tertiary/aromatic N) is 2. The highest BCUT2D eigenvalue weighted by Gasteiger charge is 2.21. The molecule has 8 heteroatoms.